The van der Waals surface area contributed by atoms with Gasteiger partial charge in [-0.05, 0) is 92.6 Å². The van der Waals surface area contributed by atoms with Crippen LogP contribution < -0.4 is 9.64 Å². The highest BCUT2D eigenvalue weighted by Crippen LogP contribution is 2.42. The van der Waals surface area contributed by atoms with Crippen LogP contribution in [0.4, 0.5) is 5.69 Å². The fourth-order valence-electron chi connectivity index (χ4n) is 7.10. The first-order valence-electron chi connectivity index (χ1n) is 17.1. The standard InChI is InChI=1S/C42H38N2O6/c1-25-12-21-34-35(22-25)41(47)44(40(34)46)31-17-13-29(14-18-31)37-23-36(33-11-7-8-26(2)38(33)43-37)42(48)50-27(3)39(45)30-15-19-32(20-16-30)49-24-28-9-5-4-6-10-28/h4-11,13-20,23,25,27,34-35H,12,21-22,24H2,1-3H3. The van der Waals surface area contributed by atoms with Gasteiger partial charge in [0.15, 0.2) is 6.10 Å². The highest BCUT2D eigenvalue weighted by Gasteiger charge is 2.50. The van der Waals surface area contributed by atoms with E-state index in [4.69, 9.17) is 14.5 Å². The van der Waals surface area contributed by atoms with Crippen molar-refractivity contribution >= 4 is 40.2 Å². The van der Waals surface area contributed by atoms with Gasteiger partial charge in [-0.15, -0.1) is 0 Å². The molecule has 0 spiro atoms. The number of anilines is 1. The molecule has 4 unspecified atom stereocenters. The number of imide groups is 1. The average molecular weight is 667 g/mol. The molecular weight excluding hydrogens is 628 g/mol. The van der Waals surface area contributed by atoms with Crippen LogP contribution in [-0.2, 0) is 20.9 Å². The molecule has 8 heteroatoms. The Labute approximate surface area is 291 Å². The van der Waals surface area contributed by atoms with Crippen molar-refractivity contribution in [2.45, 2.75) is 52.7 Å². The van der Waals surface area contributed by atoms with Crippen LogP contribution in [-0.4, -0.2) is 34.7 Å². The number of ether oxygens (including phenoxy) is 2. The first-order valence-corrected chi connectivity index (χ1v) is 17.1. The molecule has 1 saturated carbocycles. The van der Waals surface area contributed by atoms with Gasteiger partial charge in [-0.25, -0.2) is 9.78 Å². The Morgan fingerprint density at radius 1 is 0.860 bits per heavy atom. The predicted molar refractivity (Wildman–Crippen MR) is 191 cm³/mol. The number of carbonyl (C=O) groups excluding carboxylic acids is 4. The van der Waals surface area contributed by atoms with Crippen molar-refractivity contribution < 1.29 is 28.7 Å². The first kappa shape index (κ1) is 32.9. The number of hydrogen-bond acceptors (Lipinski definition) is 7. The van der Waals surface area contributed by atoms with Crippen LogP contribution >= 0.6 is 0 Å². The van der Waals surface area contributed by atoms with Crippen molar-refractivity contribution in [1.29, 1.82) is 0 Å². The molecule has 0 radical (unpaired) electrons. The highest BCUT2D eigenvalue weighted by atomic mass is 16.5. The summed E-state index contributed by atoms with van der Waals surface area (Å²) < 4.78 is 11.6. The Bertz CT molecular complexity index is 2090. The minimum absolute atomic E-state index is 0.125. The summed E-state index contributed by atoms with van der Waals surface area (Å²) in [5.74, 6) is -0.674. The zero-order chi connectivity index (χ0) is 34.9. The Balaban J connectivity index is 1.09. The van der Waals surface area contributed by atoms with Crippen LogP contribution in [0.1, 0.15) is 65.0 Å². The number of esters is 1. The fourth-order valence-corrected chi connectivity index (χ4v) is 7.10. The van der Waals surface area contributed by atoms with Crippen molar-refractivity contribution in [3.63, 3.8) is 0 Å². The van der Waals surface area contributed by atoms with E-state index in [1.54, 1.807) is 61.5 Å². The Morgan fingerprint density at radius 3 is 2.32 bits per heavy atom. The van der Waals surface area contributed by atoms with Gasteiger partial charge in [-0.2, -0.15) is 0 Å². The zero-order valence-corrected chi connectivity index (χ0v) is 28.3. The minimum Gasteiger partial charge on any atom is -0.489 e. The average Bonchev–Trinajstić information content (AvgIpc) is 3.38. The molecule has 4 atom stereocenters. The summed E-state index contributed by atoms with van der Waals surface area (Å²) in [6.45, 7) is 6.02. The predicted octanol–water partition coefficient (Wildman–Crippen LogP) is 8.14. The molecule has 1 aromatic heterocycles. The molecule has 2 aliphatic rings. The number of aromatic nitrogens is 1. The molecule has 8 nitrogen and oxygen atoms in total. The number of aryl methyl sites for hydroxylation is 1. The van der Waals surface area contributed by atoms with Gasteiger partial charge in [0.25, 0.3) is 0 Å². The number of para-hydroxylation sites is 1. The van der Waals surface area contributed by atoms with Crippen LogP contribution in [0, 0.1) is 24.7 Å². The van der Waals surface area contributed by atoms with Crippen molar-refractivity contribution in [1.82, 2.24) is 4.98 Å². The first-order chi connectivity index (χ1) is 24.2. The monoisotopic (exact) mass is 666 g/mol. The summed E-state index contributed by atoms with van der Waals surface area (Å²) in [6.07, 6.45) is 1.39. The fraction of sp³-hybridized carbons (Fsp3) is 0.262. The second-order valence-corrected chi connectivity index (χ2v) is 13.4. The van der Waals surface area contributed by atoms with Crippen LogP contribution in [0.3, 0.4) is 0 Å². The van der Waals surface area contributed by atoms with E-state index >= 15 is 0 Å². The van der Waals surface area contributed by atoms with Gasteiger partial charge in [0.1, 0.15) is 12.4 Å². The number of carbonyl (C=O) groups is 4. The summed E-state index contributed by atoms with van der Waals surface area (Å²) in [4.78, 5) is 59.8. The molecule has 7 rings (SSSR count). The maximum Gasteiger partial charge on any atom is 0.339 e. The molecule has 5 aromatic rings. The van der Waals surface area contributed by atoms with E-state index in [-0.39, 0.29) is 35.0 Å². The van der Waals surface area contributed by atoms with Gasteiger partial charge >= 0.3 is 5.97 Å². The molecule has 2 heterocycles. The van der Waals surface area contributed by atoms with Gasteiger partial charge in [-0.1, -0.05) is 67.6 Å². The van der Waals surface area contributed by atoms with Crippen LogP contribution in [0.25, 0.3) is 22.2 Å². The van der Waals surface area contributed by atoms with Gasteiger partial charge < -0.3 is 9.47 Å². The molecule has 2 amide bonds. The third-order valence-corrected chi connectivity index (χ3v) is 9.91. The van der Waals surface area contributed by atoms with E-state index in [2.05, 4.69) is 6.92 Å². The minimum atomic E-state index is -1.04. The van der Waals surface area contributed by atoms with Gasteiger partial charge in [0.2, 0.25) is 17.6 Å². The highest BCUT2D eigenvalue weighted by molar-refractivity contribution is 6.22. The molecule has 1 aliphatic carbocycles. The molecule has 1 saturated heterocycles. The quantitative estimate of drug-likeness (QED) is 0.0889. The maximum atomic E-state index is 13.7. The van der Waals surface area contributed by atoms with Gasteiger partial charge in [-0.3, -0.25) is 19.3 Å². The second-order valence-electron chi connectivity index (χ2n) is 13.4. The maximum absolute atomic E-state index is 13.7. The van der Waals surface area contributed by atoms with Crippen molar-refractivity contribution in [2.24, 2.45) is 17.8 Å². The number of Topliss-reactive ketones (excluding diaryl/α,β-unsaturated/α-hetero) is 1. The molecule has 0 N–H and O–H groups in total. The Morgan fingerprint density at radius 2 is 1.58 bits per heavy atom. The van der Waals surface area contributed by atoms with Crippen molar-refractivity contribution in [3.8, 4) is 17.0 Å². The lowest BCUT2D eigenvalue weighted by molar-refractivity contribution is -0.122. The number of fused-ring (bicyclic) bond motifs is 2. The Kier molecular flexibility index (Phi) is 9.02. The van der Waals surface area contributed by atoms with Crippen molar-refractivity contribution in [3.05, 3.63) is 125 Å². The largest absolute Gasteiger partial charge is 0.489 e. The molecule has 4 aromatic carbocycles. The SMILES string of the molecule is Cc1cccc2c(C(=O)OC(C)C(=O)c3ccc(OCc4ccccc4)cc3)cc(-c3ccc(N4C(=O)C5CCC(C)CC5C4=O)cc3)nc12. The summed E-state index contributed by atoms with van der Waals surface area (Å²) in [7, 11) is 0. The summed E-state index contributed by atoms with van der Waals surface area (Å²) >= 11 is 0. The lowest BCUT2D eigenvalue weighted by Gasteiger charge is -2.25. The third kappa shape index (κ3) is 6.41. The number of pyridine rings is 1. The smallest absolute Gasteiger partial charge is 0.339 e. The molecular formula is C42H38N2O6. The lowest BCUT2D eigenvalue weighted by Crippen LogP contribution is -2.30. The van der Waals surface area contributed by atoms with Crippen LogP contribution in [0.5, 0.6) is 5.75 Å². The van der Waals surface area contributed by atoms with Gasteiger partial charge in [0, 0.05) is 16.5 Å². The number of hydrogen-bond donors (Lipinski definition) is 0. The number of amides is 2. The molecule has 1 aliphatic heterocycles. The molecule has 50 heavy (non-hydrogen) atoms. The zero-order valence-electron chi connectivity index (χ0n) is 28.3. The van der Waals surface area contributed by atoms with Crippen LogP contribution in [0.2, 0.25) is 0 Å². The number of nitrogens with zero attached hydrogens (tertiary/aromatic N) is 2. The Hall–Kier alpha value is -5.63. The number of benzene rings is 4. The molecule has 0 bridgehead atoms. The number of ketones is 1. The summed E-state index contributed by atoms with van der Waals surface area (Å²) in [5, 5.41) is 0.611. The topological polar surface area (TPSA) is 103 Å². The van der Waals surface area contributed by atoms with E-state index in [1.807, 2.05) is 55.5 Å². The van der Waals surface area contributed by atoms with E-state index in [0.29, 0.717) is 51.7 Å². The molecule has 2 fully saturated rings. The summed E-state index contributed by atoms with van der Waals surface area (Å²) in [6, 6.07) is 31.0. The van der Waals surface area contributed by atoms with Crippen molar-refractivity contribution in [2.75, 3.05) is 4.90 Å². The number of rotatable bonds is 9. The van der Waals surface area contributed by atoms with E-state index in [0.717, 1.165) is 30.4 Å². The lowest BCUT2D eigenvalue weighted by atomic mass is 9.76. The molecule has 252 valence electrons. The van der Waals surface area contributed by atoms with E-state index < -0.39 is 12.1 Å². The van der Waals surface area contributed by atoms with E-state index in [1.165, 1.54) is 4.90 Å². The third-order valence-electron chi connectivity index (χ3n) is 9.91. The summed E-state index contributed by atoms with van der Waals surface area (Å²) in [5.41, 5.74) is 4.99. The van der Waals surface area contributed by atoms with Crippen LogP contribution in [0.15, 0.2) is 103 Å². The second kappa shape index (κ2) is 13.7. The van der Waals surface area contributed by atoms with E-state index in [9.17, 15) is 19.2 Å². The van der Waals surface area contributed by atoms with Gasteiger partial charge in [0.05, 0.1) is 34.3 Å². The normalized spacial score (nSPS) is 19.3.